The second-order valence-corrected chi connectivity index (χ2v) is 3.15. The number of aromatic carboxylic acids is 1. The Hall–Kier alpha value is -1.84. The van der Waals surface area contributed by atoms with Crippen molar-refractivity contribution in [3.63, 3.8) is 0 Å². The molecule has 4 nitrogen and oxygen atoms in total. The molecule has 0 aromatic heterocycles. The van der Waals surface area contributed by atoms with E-state index in [2.05, 4.69) is 0 Å². The van der Waals surface area contributed by atoms with Gasteiger partial charge in [0.15, 0.2) is 0 Å². The fourth-order valence-electron chi connectivity index (χ4n) is 1.58. The molecule has 72 valence electrons. The third kappa shape index (κ3) is 1.08. The fourth-order valence-corrected chi connectivity index (χ4v) is 1.58. The van der Waals surface area contributed by atoms with E-state index in [-0.39, 0.29) is 18.1 Å². The van der Waals surface area contributed by atoms with E-state index in [1.54, 1.807) is 6.92 Å². The van der Waals surface area contributed by atoms with Gasteiger partial charge in [0.1, 0.15) is 6.61 Å². The Balaban J connectivity index is 2.64. The van der Waals surface area contributed by atoms with Gasteiger partial charge in [-0.25, -0.2) is 9.59 Å². The summed E-state index contributed by atoms with van der Waals surface area (Å²) in [6.45, 7) is 1.87. The molecule has 1 aliphatic rings. The van der Waals surface area contributed by atoms with Crippen LogP contribution in [0.25, 0.3) is 0 Å². The number of hydrogen-bond acceptors (Lipinski definition) is 3. The van der Waals surface area contributed by atoms with Crippen LogP contribution < -0.4 is 0 Å². The molecule has 0 fully saturated rings. The third-order valence-electron chi connectivity index (χ3n) is 2.40. The Bertz CT molecular complexity index is 434. The van der Waals surface area contributed by atoms with Gasteiger partial charge in [-0.05, 0) is 24.6 Å². The lowest BCUT2D eigenvalue weighted by Crippen LogP contribution is -2.03. The van der Waals surface area contributed by atoms with Crippen molar-refractivity contribution in [3.8, 4) is 0 Å². The molecule has 1 aliphatic heterocycles. The molecule has 1 N–H and O–H groups in total. The molecule has 0 saturated carbocycles. The van der Waals surface area contributed by atoms with Crippen LogP contribution in [0.3, 0.4) is 0 Å². The van der Waals surface area contributed by atoms with Crippen LogP contribution in [0.4, 0.5) is 0 Å². The van der Waals surface area contributed by atoms with Crippen LogP contribution in [0, 0.1) is 6.92 Å². The Morgan fingerprint density at radius 2 is 2.21 bits per heavy atom. The summed E-state index contributed by atoms with van der Waals surface area (Å²) in [4.78, 5) is 21.9. The van der Waals surface area contributed by atoms with Crippen molar-refractivity contribution in [1.29, 1.82) is 0 Å². The molecule has 0 amide bonds. The first-order chi connectivity index (χ1) is 6.61. The van der Waals surface area contributed by atoms with Gasteiger partial charge in [0.05, 0.1) is 11.1 Å². The molecule has 1 aromatic rings. The highest BCUT2D eigenvalue weighted by Gasteiger charge is 2.25. The van der Waals surface area contributed by atoms with Crippen LogP contribution in [0.2, 0.25) is 0 Å². The molecule has 0 atom stereocenters. The smallest absolute Gasteiger partial charge is 0.338 e. The number of carbonyl (C=O) groups is 2. The number of rotatable bonds is 1. The molecule has 4 heteroatoms. The lowest BCUT2D eigenvalue weighted by atomic mass is 9.99. The predicted molar refractivity (Wildman–Crippen MR) is 47.3 cm³/mol. The van der Waals surface area contributed by atoms with E-state index in [0.717, 1.165) is 0 Å². The van der Waals surface area contributed by atoms with E-state index >= 15 is 0 Å². The Morgan fingerprint density at radius 1 is 1.50 bits per heavy atom. The molecular formula is C10H8O4. The van der Waals surface area contributed by atoms with Gasteiger partial charge >= 0.3 is 11.9 Å². The largest absolute Gasteiger partial charge is 0.478 e. The lowest BCUT2D eigenvalue weighted by molar-refractivity contribution is 0.0534. The number of esters is 1. The Kier molecular flexibility index (Phi) is 1.77. The van der Waals surface area contributed by atoms with Crippen molar-refractivity contribution in [2.24, 2.45) is 0 Å². The van der Waals surface area contributed by atoms with Crippen molar-refractivity contribution in [2.75, 3.05) is 0 Å². The van der Waals surface area contributed by atoms with Gasteiger partial charge in [0, 0.05) is 5.56 Å². The zero-order chi connectivity index (χ0) is 10.3. The third-order valence-corrected chi connectivity index (χ3v) is 2.40. The van der Waals surface area contributed by atoms with Crippen molar-refractivity contribution >= 4 is 11.9 Å². The normalized spacial score (nSPS) is 13.6. The summed E-state index contributed by atoms with van der Waals surface area (Å²) in [5, 5.41) is 8.84. The summed E-state index contributed by atoms with van der Waals surface area (Å²) in [5.74, 6) is -1.36. The van der Waals surface area contributed by atoms with E-state index in [0.29, 0.717) is 16.7 Å². The maximum atomic E-state index is 11.1. The molecule has 0 bridgehead atoms. The summed E-state index contributed by atoms with van der Waals surface area (Å²) >= 11 is 0. The van der Waals surface area contributed by atoms with Gasteiger partial charge in [-0.3, -0.25) is 0 Å². The second-order valence-electron chi connectivity index (χ2n) is 3.15. The van der Waals surface area contributed by atoms with Gasteiger partial charge in [-0.2, -0.15) is 0 Å². The maximum absolute atomic E-state index is 11.1. The van der Waals surface area contributed by atoms with Crippen LogP contribution in [0.1, 0.15) is 31.8 Å². The first kappa shape index (κ1) is 8.74. The summed E-state index contributed by atoms with van der Waals surface area (Å²) in [6.07, 6.45) is 0. The quantitative estimate of drug-likeness (QED) is 0.682. The van der Waals surface area contributed by atoms with Gasteiger partial charge in [0.2, 0.25) is 0 Å². The average Bonchev–Trinajstić information content (AvgIpc) is 2.49. The number of carboxylic acids is 1. The van der Waals surface area contributed by atoms with E-state index < -0.39 is 5.97 Å². The number of cyclic esters (lactones) is 1. The van der Waals surface area contributed by atoms with E-state index in [4.69, 9.17) is 9.84 Å². The molecule has 1 heterocycles. The number of hydrogen-bond donors (Lipinski definition) is 1. The number of carbonyl (C=O) groups excluding carboxylic acids is 1. The molecule has 2 rings (SSSR count). The highest BCUT2D eigenvalue weighted by Crippen LogP contribution is 2.25. The minimum atomic E-state index is -0.982. The number of ether oxygens (including phenoxy) is 1. The van der Waals surface area contributed by atoms with Gasteiger partial charge < -0.3 is 9.84 Å². The van der Waals surface area contributed by atoms with Crippen molar-refractivity contribution in [2.45, 2.75) is 13.5 Å². The molecule has 0 saturated heterocycles. The topological polar surface area (TPSA) is 63.6 Å². The van der Waals surface area contributed by atoms with Gasteiger partial charge in [-0.15, -0.1) is 0 Å². The minimum Gasteiger partial charge on any atom is -0.478 e. The second kappa shape index (κ2) is 2.83. The highest BCUT2D eigenvalue weighted by atomic mass is 16.5. The Labute approximate surface area is 80.1 Å². The first-order valence-corrected chi connectivity index (χ1v) is 4.14. The molecule has 0 spiro atoms. The number of benzene rings is 1. The maximum Gasteiger partial charge on any atom is 0.338 e. The fraction of sp³-hybridized carbons (Fsp3) is 0.200. The van der Waals surface area contributed by atoms with Crippen LogP contribution in [0.15, 0.2) is 12.1 Å². The van der Waals surface area contributed by atoms with Crippen LogP contribution >= 0.6 is 0 Å². The monoisotopic (exact) mass is 192 g/mol. The summed E-state index contributed by atoms with van der Waals surface area (Å²) < 4.78 is 4.81. The molecule has 1 aromatic carbocycles. The Morgan fingerprint density at radius 3 is 2.86 bits per heavy atom. The molecular weight excluding hydrogens is 184 g/mol. The van der Waals surface area contributed by atoms with Crippen LogP contribution in [0.5, 0.6) is 0 Å². The average molecular weight is 192 g/mol. The molecule has 0 aliphatic carbocycles. The SMILES string of the molecule is Cc1c(C(=O)O)ccc2c1COC2=O. The number of fused-ring (bicyclic) bond motifs is 1. The lowest BCUT2D eigenvalue weighted by Gasteiger charge is -2.03. The standard InChI is InChI=1S/C10H8O4/c1-5-6(9(11)12)2-3-7-8(5)4-14-10(7)13/h2-3H,4H2,1H3,(H,11,12). The predicted octanol–water partition coefficient (Wildman–Crippen LogP) is 1.36. The van der Waals surface area contributed by atoms with Crippen LogP contribution in [-0.4, -0.2) is 17.0 Å². The number of carboxylic acid groups (broad SMARTS) is 1. The zero-order valence-electron chi connectivity index (χ0n) is 7.53. The molecule has 14 heavy (non-hydrogen) atoms. The van der Waals surface area contributed by atoms with Gasteiger partial charge in [-0.1, -0.05) is 0 Å². The van der Waals surface area contributed by atoms with Crippen molar-refractivity contribution in [1.82, 2.24) is 0 Å². The summed E-state index contributed by atoms with van der Waals surface area (Å²) in [5.41, 5.74) is 2.00. The zero-order valence-corrected chi connectivity index (χ0v) is 7.53. The van der Waals surface area contributed by atoms with Gasteiger partial charge in [0.25, 0.3) is 0 Å². The molecule has 0 unspecified atom stereocenters. The summed E-state index contributed by atoms with van der Waals surface area (Å²) in [6, 6.07) is 2.93. The van der Waals surface area contributed by atoms with E-state index in [1.165, 1.54) is 12.1 Å². The summed E-state index contributed by atoms with van der Waals surface area (Å²) in [7, 11) is 0. The molecule has 0 radical (unpaired) electrons. The minimum absolute atomic E-state index is 0.182. The van der Waals surface area contributed by atoms with Crippen molar-refractivity contribution < 1.29 is 19.4 Å². The van der Waals surface area contributed by atoms with Crippen LogP contribution in [-0.2, 0) is 11.3 Å². The van der Waals surface area contributed by atoms with Crippen molar-refractivity contribution in [3.05, 3.63) is 34.4 Å². The highest BCUT2D eigenvalue weighted by molar-refractivity contribution is 5.97. The van der Waals surface area contributed by atoms with E-state index in [1.807, 2.05) is 0 Å². The van der Waals surface area contributed by atoms with E-state index in [9.17, 15) is 9.59 Å². The first-order valence-electron chi connectivity index (χ1n) is 4.14.